The molecule has 0 amide bonds. The van der Waals surface area contributed by atoms with Crippen LogP contribution in [-0.4, -0.2) is 14.8 Å². The Morgan fingerprint density at radius 3 is 2.32 bits per heavy atom. The van der Waals surface area contributed by atoms with Gasteiger partial charge in [-0.1, -0.05) is 18.2 Å². The zero-order valence-corrected chi connectivity index (χ0v) is 11.6. The lowest BCUT2D eigenvalue weighted by Gasteiger charge is -2.12. The summed E-state index contributed by atoms with van der Waals surface area (Å²) in [5.74, 6) is -1.50. The van der Waals surface area contributed by atoms with Crippen LogP contribution in [0.3, 0.4) is 0 Å². The van der Waals surface area contributed by atoms with Gasteiger partial charge in [0.05, 0.1) is 10.6 Å². The van der Waals surface area contributed by atoms with E-state index >= 15 is 0 Å². The maximum atomic E-state index is 13.4. The van der Waals surface area contributed by atoms with E-state index in [-0.39, 0.29) is 5.69 Å². The lowest BCUT2D eigenvalue weighted by atomic mass is 10.3. The Kier molecular flexibility index (Phi) is 4.27. The summed E-state index contributed by atoms with van der Waals surface area (Å²) in [6, 6.07) is 8.79. The molecule has 0 atom stereocenters. The van der Waals surface area contributed by atoms with Crippen molar-refractivity contribution in [1.82, 2.24) is 0 Å². The fraction of sp³-hybridized carbons (Fsp3) is 0.0769. The molecule has 0 spiro atoms. The van der Waals surface area contributed by atoms with E-state index in [0.29, 0.717) is 6.07 Å². The zero-order valence-electron chi connectivity index (χ0n) is 10.8. The number of nitrogens with one attached hydrogen (secondary N) is 1. The van der Waals surface area contributed by atoms with E-state index in [1.165, 1.54) is 18.2 Å². The summed E-state index contributed by atoms with van der Waals surface area (Å²) >= 11 is 0. The average Bonchev–Trinajstić information content (AvgIpc) is 2.40. The van der Waals surface area contributed by atoms with Crippen molar-refractivity contribution in [2.75, 3.05) is 4.72 Å². The lowest BCUT2D eigenvalue weighted by Crippen LogP contribution is -2.18. The fourth-order valence-corrected chi connectivity index (χ4v) is 2.69. The van der Waals surface area contributed by atoms with Gasteiger partial charge in [0.15, 0.2) is 0 Å². The van der Waals surface area contributed by atoms with E-state index in [0.717, 1.165) is 24.3 Å². The molecule has 1 N–H and O–H groups in total. The number of para-hydroxylation sites is 1. The van der Waals surface area contributed by atoms with Crippen molar-refractivity contribution in [3.63, 3.8) is 0 Å². The SMILES string of the molecule is O=S(=O)(Nc1ccccc1F)c1cccc(OC(F)(F)F)c1. The van der Waals surface area contributed by atoms with Gasteiger partial charge in [-0.15, -0.1) is 13.2 Å². The summed E-state index contributed by atoms with van der Waals surface area (Å²) in [4.78, 5) is -0.488. The van der Waals surface area contributed by atoms with Crippen molar-refractivity contribution in [3.8, 4) is 5.75 Å². The maximum Gasteiger partial charge on any atom is 0.573 e. The molecule has 0 aromatic heterocycles. The topological polar surface area (TPSA) is 55.4 Å². The molecule has 9 heteroatoms. The van der Waals surface area contributed by atoms with Gasteiger partial charge in [-0.25, -0.2) is 12.8 Å². The van der Waals surface area contributed by atoms with E-state index in [1.807, 2.05) is 4.72 Å². The Morgan fingerprint density at radius 1 is 1.00 bits per heavy atom. The second-order valence-corrected chi connectivity index (χ2v) is 5.79. The summed E-state index contributed by atoms with van der Waals surface area (Å²) in [5.41, 5.74) is -0.315. The number of hydrogen-bond acceptors (Lipinski definition) is 3. The molecule has 0 unspecified atom stereocenters. The Labute approximate surface area is 123 Å². The molecule has 22 heavy (non-hydrogen) atoms. The summed E-state index contributed by atoms with van der Waals surface area (Å²) < 4.78 is 79.5. The van der Waals surface area contributed by atoms with Crippen LogP contribution in [-0.2, 0) is 10.0 Å². The summed E-state index contributed by atoms with van der Waals surface area (Å²) in [6.07, 6.45) is -4.94. The van der Waals surface area contributed by atoms with Gasteiger partial charge in [0.1, 0.15) is 11.6 Å². The van der Waals surface area contributed by atoms with Crippen LogP contribution in [0.4, 0.5) is 23.2 Å². The largest absolute Gasteiger partial charge is 0.573 e. The number of sulfonamides is 1. The van der Waals surface area contributed by atoms with Crippen LogP contribution in [0.25, 0.3) is 0 Å². The first-order valence-corrected chi connectivity index (χ1v) is 7.29. The standard InChI is InChI=1S/C13H9F4NO3S/c14-11-6-1-2-7-12(11)18-22(19,20)10-5-3-4-9(8-10)21-13(15,16)17/h1-8,18H. The van der Waals surface area contributed by atoms with E-state index in [9.17, 15) is 26.0 Å². The molecular formula is C13H9F4NO3S. The molecule has 0 heterocycles. The first-order chi connectivity index (χ1) is 10.2. The number of anilines is 1. The normalized spacial score (nSPS) is 12.0. The highest BCUT2D eigenvalue weighted by Crippen LogP contribution is 2.26. The second-order valence-electron chi connectivity index (χ2n) is 4.11. The monoisotopic (exact) mass is 335 g/mol. The molecule has 2 aromatic carbocycles. The van der Waals surface area contributed by atoms with Crippen molar-refractivity contribution < 1.29 is 30.7 Å². The molecule has 0 fully saturated rings. The molecule has 0 saturated heterocycles. The molecule has 0 saturated carbocycles. The Bertz CT molecular complexity index is 775. The molecule has 4 nitrogen and oxygen atoms in total. The summed E-state index contributed by atoms with van der Waals surface area (Å²) in [7, 11) is -4.25. The summed E-state index contributed by atoms with van der Waals surface area (Å²) in [5, 5.41) is 0. The molecule has 0 bridgehead atoms. The first kappa shape index (κ1) is 16.1. The van der Waals surface area contributed by atoms with Crippen molar-refractivity contribution in [2.24, 2.45) is 0 Å². The molecule has 2 rings (SSSR count). The summed E-state index contributed by atoms with van der Waals surface area (Å²) in [6.45, 7) is 0. The average molecular weight is 335 g/mol. The molecular weight excluding hydrogens is 326 g/mol. The van der Waals surface area contributed by atoms with Crippen LogP contribution < -0.4 is 9.46 Å². The predicted octanol–water partition coefficient (Wildman–Crippen LogP) is 3.53. The number of hydrogen-bond donors (Lipinski definition) is 1. The number of benzene rings is 2. The highest BCUT2D eigenvalue weighted by Gasteiger charge is 2.31. The van der Waals surface area contributed by atoms with Crippen LogP contribution in [0.2, 0.25) is 0 Å². The minimum atomic E-state index is -4.94. The van der Waals surface area contributed by atoms with Gasteiger partial charge in [-0.3, -0.25) is 4.72 Å². The van der Waals surface area contributed by atoms with Gasteiger partial charge in [0, 0.05) is 6.07 Å². The van der Waals surface area contributed by atoms with Crippen LogP contribution in [0, 0.1) is 5.82 Å². The van der Waals surface area contributed by atoms with E-state index in [4.69, 9.17) is 0 Å². The zero-order chi connectivity index (χ0) is 16.4. The number of rotatable bonds is 4. The van der Waals surface area contributed by atoms with Crippen molar-refractivity contribution in [2.45, 2.75) is 11.3 Å². The lowest BCUT2D eigenvalue weighted by molar-refractivity contribution is -0.274. The highest BCUT2D eigenvalue weighted by molar-refractivity contribution is 7.92. The van der Waals surface area contributed by atoms with E-state index < -0.39 is 32.8 Å². The van der Waals surface area contributed by atoms with Gasteiger partial charge in [0.25, 0.3) is 10.0 Å². The third kappa shape index (κ3) is 4.10. The van der Waals surface area contributed by atoms with Gasteiger partial charge < -0.3 is 4.74 Å². The number of halogens is 4. The highest BCUT2D eigenvalue weighted by atomic mass is 32.2. The van der Waals surface area contributed by atoms with Crippen molar-refractivity contribution >= 4 is 15.7 Å². The minimum Gasteiger partial charge on any atom is -0.406 e. The van der Waals surface area contributed by atoms with Gasteiger partial charge in [-0.05, 0) is 24.3 Å². The van der Waals surface area contributed by atoms with Gasteiger partial charge >= 0.3 is 6.36 Å². The second kappa shape index (κ2) is 5.84. The Morgan fingerprint density at radius 2 is 1.68 bits per heavy atom. The van der Waals surface area contributed by atoms with Crippen LogP contribution in [0.5, 0.6) is 5.75 Å². The molecule has 118 valence electrons. The molecule has 2 aromatic rings. The van der Waals surface area contributed by atoms with Crippen LogP contribution in [0.1, 0.15) is 0 Å². The molecule has 0 aliphatic rings. The van der Waals surface area contributed by atoms with Gasteiger partial charge in [-0.2, -0.15) is 0 Å². The maximum absolute atomic E-state index is 13.4. The number of alkyl halides is 3. The predicted molar refractivity (Wildman–Crippen MR) is 70.3 cm³/mol. The van der Waals surface area contributed by atoms with Crippen LogP contribution >= 0.6 is 0 Å². The fourth-order valence-electron chi connectivity index (χ4n) is 1.59. The third-order valence-electron chi connectivity index (χ3n) is 2.47. The van der Waals surface area contributed by atoms with E-state index in [2.05, 4.69) is 4.74 Å². The molecule has 0 aliphatic heterocycles. The minimum absolute atomic E-state index is 0.315. The first-order valence-electron chi connectivity index (χ1n) is 5.80. The smallest absolute Gasteiger partial charge is 0.406 e. The van der Waals surface area contributed by atoms with Crippen LogP contribution in [0.15, 0.2) is 53.4 Å². The molecule has 0 aliphatic carbocycles. The van der Waals surface area contributed by atoms with Gasteiger partial charge in [0.2, 0.25) is 0 Å². The molecule has 0 radical (unpaired) electrons. The van der Waals surface area contributed by atoms with Crippen molar-refractivity contribution in [3.05, 3.63) is 54.3 Å². The third-order valence-corrected chi connectivity index (χ3v) is 3.83. The number of ether oxygens (including phenoxy) is 1. The quantitative estimate of drug-likeness (QED) is 0.870. The Balaban J connectivity index is 2.30. The Hall–Kier alpha value is -2.29. The van der Waals surface area contributed by atoms with E-state index in [1.54, 1.807) is 0 Å². The van der Waals surface area contributed by atoms with Crippen molar-refractivity contribution in [1.29, 1.82) is 0 Å².